The molecule has 0 spiro atoms. The lowest BCUT2D eigenvalue weighted by atomic mass is 10.1. The van der Waals surface area contributed by atoms with Crippen LogP contribution in [0.5, 0.6) is 0 Å². The number of benzene rings is 2. The number of aryl methyl sites for hydroxylation is 2. The van der Waals surface area contributed by atoms with Crippen molar-refractivity contribution in [2.45, 2.75) is 32.0 Å². The molecule has 140 valence electrons. The van der Waals surface area contributed by atoms with Crippen molar-refractivity contribution in [1.29, 1.82) is 0 Å². The Balaban J connectivity index is 1.72. The van der Waals surface area contributed by atoms with Gasteiger partial charge in [0.15, 0.2) is 5.16 Å². The summed E-state index contributed by atoms with van der Waals surface area (Å²) >= 11 is 1.42. The molecule has 5 nitrogen and oxygen atoms in total. The third-order valence-electron chi connectivity index (χ3n) is 4.73. The summed E-state index contributed by atoms with van der Waals surface area (Å²) in [7, 11) is 1.85. The smallest absolute Gasteiger partial charge is 0.233 e. The van der Waals surface area contributed by atoms with E-state index in [1.807, 2.05) is 74.0 Å². The molecule has 0 fully saturated rings. The number of aromatic nitrogens is 3. The van der Waals surface area contributed by atoms with Crippen molar-refractivity contribution in [2.24, 2.45) is 0 Å². The number of nitrogens with zero attached hydrogens (tertiary/aromatic N) is 4. The third-order valence-corrected chi connectivity index (χ3v) is 5.65. The summed E-state index contributed by atoms with van der Waals surface area (Å²) in [5.74, 6) is 1.19. The van der Waals surface area contributed by atoms with Gasteiger partial charge in [-0.15, -0.1) is 10.2 Å². The van der Waals surface area contributed by atoms with E-state index in [2.05, 4.69) is 23.2 Å². The molecule has 1 unspecified atom stereocenters. The van der Waals surface area contributed by atoms with E-state index in [0.29, 0.717) is 5.75 Å². The van der Waals surface area contributed by atoms with E-state index in [0.717, 1.165) is 27.8 Å². The second kappa shape index (κ2) is 8.39. The average molecular weight is 381 g/mol. The third kappa shape index (κ3) is 4.22. The highest BCUT2D eigenvalue weighted by Gasteiger charge is 2.19. The minimum absolute atomic E-state index is 0.0234. The van der Waals surface area contributed by atoms with Crippen LogP contribution < -0.4 is 0 Å². The Morgan fingerprint density at radius 1 is 1.07 bits per heavy atom. The van der Waals surface area contributed by atoms with Gasteiger partial charge < -0.3 is 4.90 Å². The van der Waals surface area contributed by atoms with Crippen LogP contribution in [0.2, 0.25) is 0 Å². The lowest BCUT2D eigenvalue weighted by Crippen LogP contribution is -2.31. The van der Waals surface area contributed by atoms with Crippen molar-refractivity contribution >= 4 is 17.7 Å². The van der Waals surface area contributed by atoms with Crippen LogP contribution in [0.4, 0.5) is 0 Å². The fourth-order valence-corrected chi connectivity index (χ4v) is 3.84. The average Bonchev–Trinajstić information content (AvgIpc) is 3.06. The number of hydrogen-bond acceptors (Lipinski definition) is 4. The predicted molar refractivity (Wildman–Crippen MR) is 109 cm³/mol. The molecular weight excluding hydrogens is 356 g/mol. The standard InChI is InChI=1S/C21H24N4OS/c1-15-10-8-9-13-19(15)25-17(3)22-23-21(25)27-14-20(26)24(4)16(2)18-11-6-5-7-12-18/h5-13,16H,14H2,1-4H3. The number of para-hydroxylation sites is 1. The number of rotatable bonds is 6. The van der Waals surface area contributed by atoms with Gasteiger partial charge in [-0.3, -0.25) is 9.36 Å². The lowest BCUT2D eigenvalue weighted by molar-refractivity contribution is -0.128. The first-order valence-electron chi connectivity index (χ1n) is 8.90. The van der Waals surface area contributed by atoms with Crippen LogP contribution in [0.3, 0.4) is 0 Å². The molecule has 0 saturated heterocycles. The quantitative estimate of drug-likeness (QED) is 0.602. The Morgan fingerprint density at radius 2 is 1.74 bits per heavy atom. The Hall–Kier alpha value is -2.60. The minimum atomic E-state index is 0.0234. The fourth-order valence-electron chi connectivity index (χ4n) is 2.93. The summed E-state index contributed by atoms with van der Waals surface area (Å²) in [6.45, 7) is 6.02. The van der Waals surface area contributed by atoms with E-state index in [1.165, 1.54) is 11.8 Å². The Kier molecular flexibility index (Phi) is 5.96. The molecule has 1 amide bonds. The van der Waals surface area contributed by atoms with E-state index >= 15 is 0 Å². The van der Waals surface area contributed by atoms with E-state index in [-0.39, 0.29) is 11.9 Å². The number of carbonyl (C=O) groups is 1. The van der Waals surface area contributed by atoms with Gasteiger partial charge in [0.05, 0.1) is 17.5 Å². The van der Waals surface area contributed by atoms with Crippen molar-refractivity contribution in [3.63, 3.8) is 0 Å². The molecule has 0 aliphatic rings. The molecule has 27 heavy (non-hydrogen) atoms. The van der Waals surface area contributed by atoms with E-state index in [9.17, 15) is 4.79 Å². The molecule has 0 saturated carbocycles. The van der Waals surface area contributed by atoms with E-state index in [1.54, 1.807) is 4.90 Å². The summed E-state index contributed by atoms with van der Waals surface area (Å²) < 4.78 is 2.01. The molecule has 0 aliphatic carbocycles. The zero-order chi connectivity index (χ0) is 19.4. The molecule has 0 radical (unpaired) electrons. The van der Waals surface area contributed by atoms with Crippen molar-refractivity contribution in [3.8, 4) is 5.69 Å². The molecule has 2 aromatic carbocycles. The van der Waals surface area contributed by atoms with Gasteiger partial charge in [0.2, 0.25) is 5.91 Å². The van der Waals surface area contributed by atoms with Crippen LogP contribution in [-0.2, 0) is 4.79 Å². The van der Waals surface area contributed by atoms with Crippen molar-refractivity contribution < 1.29 is 4.79 Å². The maximum absolute atomic E-state index is 12.7. The van der Waals surface area contributed by atoms with Gasteiger partial charge in [-0.25, -0.2) is 0 Å². The summed E-state index contributed by atoms with van der Waals surface area (Å²) in [6, 6.07) is 18.2. The van der Waals surface area contributed by atoms with Crippen LogP contribution in [-0.4, -0.2) is 38.4 Å². The number of hydrogen-bond donors (Lipinski definition) is 0. The second-order valence-corrected chi connectivity index (χ2v) is 7.47. The maximum Gasteiger partial charge on any atom is 0.233 e. The topological polar surface area (TPSA) is 51.0 Å². The number of carbonyl (C=O) groups excluding carboxylic acids is 1. The van der Waals surface area contributed by atoms with Crippen LogP contribution >= 0.6 is 11.8 Å². The van der Waals surface area contributed by atoms with Crippen molar-refractivity contribution in [3.05, 3.63) is 71.5 Å². The van der Waals surface area contributed by atoms with Crippen LogP contribution in [0.25, 0.3) is 5.69 Å². The highest BCUT2D eigenvalue weighted by molar-refractivity contribution is 7.99. The van der Waals surface area contributed by atoms with Crippen molar-refractivity contribution in [2.75, 3.05) is 12.8 Å². The second-order valence-electron chi connectivity index (χ2n) is 6.53. The van der Waals surface area contributed by atoms with Crippen molar-refractivity contribution in [1.82, 2.24) is 19.7 Å². The first-order valence-corrected chi connectivity index (χ1v) is 9.89. The molecule has 1 atom stereocenters. The highest BCUT2D eigenvalue weighted by Crippen LogP contribution is 2.25. The zero-order valence-corrected chi connectivity index (χ0v) is 16.9. The number of thioether (sulfide) groups is 1. The summed E-state index contributed by atoms with van der Waals surface area (Å²) in [6.07, 6.45) is 0. The van der Waals surface area contributed by atoms with E-state index in [4.69, 9.17) is 0 Å². The van der Waals surface area contributed by atoms with Gasteiger partial charge in [-0.1, -0.05) is 60.3 Å². The summed E-state index contributed by atoms with van der Waals surface area (Å²) in [5, 5.41) is 9.21. The maximum atomic E-state index is 12.7. The summed E-state index contributed by atoms with van der Waals surface area (Å²) in [4.78, 5) is 14.5. The van der Waals surface area contributed by atoms with Gasteiger partial charge in [0, 0.05) is 7.05 Å². The molecule has 1 heterocycles. The van der Waals surface area contributed by atoms with Gasteiger partial charge >= 0.3 is 0 Å². The largest absolute Gasteiger partial charge is 0.338 e. The number of amides is 1. The molecule has 6 heteroatoms. The molecule has 3 rings (SSSR count). The Morgan fingerprint density at radius 3 is 2.44 bits per heavy atom. The SMILES string of the molecule is Cc1ccccc1-n1c(C)nnc1SCC(=O)N(C)C(C)c1ccccc1. The van der Waals surface area contributed by atoms with Gasteiger partial charge in [-0.05, 0) is 38.0 Å². The van der Waals surface area contributed by atoms with Crippen LogP contribution in [0.1, 0.15) is 29.9 Å². The van der Waals surface area contributed by atoms with E-state index < -0.39 is 0 Å². The fraction of sp³-hybridized carbons (Fsp3) is 0.286. The first kappa shape index (κ1) is 19.2. The molecule has 0 bridgehead atoms. The van der Waals surface area contributed by atoms with Gasteiger partial charge in [0.25, 0.3) is 0 Å². The summed E-state index contributed by atoms with van der Waals surface area (Å²) in [5.41, 5.74) is 3.31. The Bertz CT molecular complexity index is 923. The normalized spacial score (nSPS) is 12.0. The highest BCUT2D eigenvalue weighted by atomic mass is 32.2. The van der Waals surface area contributed by atoms with Crippen LogP contribution in [0.15, 0.2) is 59.8 Å². The lowest BCUT2D eigenvalue weighted by Gasteiger charge is -2.25. The van der Waals surface area contributed by atoms with Gasteiger partial charge in [-0.2, -0.15) is 0 Å². The molecular formula is C21H24N4OS. The molecule has 3 aromatic rings. The van der Waals surface area contributed by atoms with Crippen LogP contribution in [0, 0.1) is 13.8 Å². The molecule has 0 N–H and O–H groups in total. The minimum Gasteiger partial charge on any atom is -0.338 e. The molecule has 0 aliphatic heterocycles. The zero-order valence-electron chi connectivity index (χ0n) is 16.1. The molecule has 1 aromatic heterocycles. The Labute approximate surface area is 164 Å². The van der Waals surface area contributed by atoms with Gasteiger partial charge in [0.1, 0.15) is 5.82 Å². The monoisotopic (exact) mass is 380 g/mol. The predicted octanol–water partition coefficient (Wildman–Crippen LogP) is 4.20. The first-order chi connectivity index (χ1) is 13.0.